The van der Waals surface area contributed by atoms with E-state index in [1.165, 1.54) is 4.31 Å². The number of hydrogen-bond acceptors (Lipinski definition) is 2. The van der Waals surface area contributed by atoms with Crippen molar-refractivity contribution >= 4 is 37.6 Å². The molecule has 0 aliphatic heterocycles. The fourth-order valence-electron chi connectivity index (χ4n) is 1.93. The molecule has 0 unspecified atom stereocenters. The second kappa shape index (κ2) is 6.48. The van der Waals surface area contributed by atoms with Gasteiger partial charge in [0.25, 0.3) is 0 Å². The third-order valence-electron chi connectivity index (χ3n) is 3.13. The van der Waals surface area contributed by atoms with Gasteiger partial charge in [-0.3, -0.25) is 0 Å². The number of sulfonamides is 1. The van der Waals surface area contributed by atoms with E-state index in [0.29, 0.717) is 9.50 Å². The Morgan fingerprint density at radius 1 is 1.19 bits per heavy atom. The Morgan fingerprint density at radius 3 is 2.48 bits per heavy atom. The van der Waals surface area contributed by atoms with Crippen molar-refractivity contribution in [3.63, 3.8) is 0 Å². The topological polar surface area (TPSA) is 37.4 Å². The minimum atomic E-state index is -3.57. The van der Waals surface area contributed by atoms with Gasteiger partial charge in [-0.1, -0.05) is 35.9 Å². The van der Waals surface area contributed by atoms with Crippen molar-refractivity contribution in [3.05, 3.63) is 63.1 Å². The van der Waals surface area contributed by atoms with E-state index >= 15 is 0 Å². The van der Waals surface area contributed by atoms with Crippen LogP contribution in [-0.2, 0) is 16.6 Å². The van der Waals surface area contributed by atoms with Crippen LogP contribution in [0.3, 0.4) is 0 Å². The second-order valence-corrected chi connectivity index (χ2v) is 8.06. The first-order chi connectivity index (χ1) is 9.82. The van der Waals surface area contributed by atoms with Crippen LogP contribution in [0.2, 0.25) is 5.02 Å². The smallest absolute Gasteiger partial charge is 0.207 e. The Morgan fingerprint density at radius 2 is 1.86 bits per heavy atom. The summed E-state index contributed by atoms with van der Waals surface area (Å²) in [5, 5.41) is 0.558. The number of rotatable bonds is 4. The van der Waals surface area contributed by atoms with Gasteiger partial charge in [0.15, 0.2) is 0 Å². The van der Waals surface area contributed by atoms with Crippen LogP contribution in [0.15, 0.2) is 51.8 Å². The first-order valence-electron chi connectivity index (χ1n) is 6.28. The number of aryl methyl sites for hydroxylation is 1. The van der Waals surface area contributed by atoms with Gasteiger partial charge >= 0.3 is 0 Å². The fourth-order valence-corrected chi connectivity index (χ4v) is 4.43. The molecule has 0 fully saturated rings. The predicted octanol–water partition coefficient (Wildman–Crippen LogP) is 4.23. The normalized spacial score (nSPS) is 11.9. The second-order valence-electron chi connectivity index (χ2n) is 4.79. The summed E-state index contributed by atoms with van der Waals surface area (Å²) in [6, 6.07) is 12.4. The van der Waals surface area contributed by atoms with Crippen LogP contribution in [0.4, 0.5) is 0 Å². The van der Waals surface area contributed by atoms with Crippen LogP contribution < -0.4 is 0 Å². The highest BCUT2D eigenvalue weighted by atomic mass is 79.9. The van der Waals surface area contributed by atoms with E-state index in [4.69, 9.17) is 11.6 Å². The van der Waals surface area contributed by atoms with Crippen molar-refractivity contribution in [2.24, 2.45) is 0 Å². The zero-order chi connectivity index (χ0) is 15.6. The van der Waals surface area contributed by atoms with Crippen molar-refractivity contribution in [2.45, 2.75) is 18.4 Å². The molecule has 0 spiro atoms. The quantitative estimate of drug-likeness (QED) is 0.786. The highest BCUT2D eigenvalue weighted by molar-refractivity contribution is 9.10. The molecule has 2 aromatic carbocycles. The van der Waals surface area contributed by atoms with Crippen molar-refractivity contribution in [1.29, 1.82) is 0 Å². The number of benzene rings is 2. The summed E-state index contributed by atoms with van der Waals surface area (Å²) in [7, 11) is -2.03. The largest absolute Gasteiger partial charge is 0.244 e. The molecule has 3 nitrogen and oxygen atoms in total. The van der Waals surface area contributed by atoms with Crippen LogP contribution in [0.5, 0.6) is 0 Å². The molecule has 0 radical (unpaired) electrons. The molecular weight excluding hydrogens is 374 g/mol. The highest BCUT2D eigenvalue weighted by Gasteiger charge is 2.23. The average molecular weight is 389 g/mol. The highest BCUT2D eigenvalue weighted by Crippen LogP contribution is 2.27. The third-order valence-corrected chi connectivity index (χ3v) is 6.28. The van der Waals surface area contributed by atoms with E-state index in [-0.39, 0.29) is 11.4 Å². The van der Waals surface area contributed by atoms with Crippen molar-refractivity contribution in [3.8, 4) is 0 Å². The first kappa shape index (κ1) is 16.5. The Hall–Kier alpha value is -0.880. The number of nitrogens with zero attached hydrogens (tertiary/aromatic N) is 1. The van der Waals surface area contributed by atoms with E-state index < -0.39 is 10.0 Å². The zero-order valence-electron chi connectivity index (χ0n) is 11.7. The molecule has 0 saturated carbocycles. The lowest BCUT2D eigenvalue weighted by Gasteiger charge is -2.19. The summed E-state index contributed by atoms with van der Waals surface area (Å²) in [5.74, 6) is 0. The molecule has 0 N–H and O–H groups in total. The third kappa shape index (κ3) is 3.66. The monoisotopic (exact) mass is 387 g/mol. The van der Waals surface area contributed by atoms with Crippen LogP contribution in [0.1, 0.15) is 11.1 Å². The minimum absolute atomic E-state index is 0.225. The number of hydrogen-bond donors (Lipinski definition) is 0. The van der Waals surface area contributed by atoms with Gasteiger partial charge in [0.1, 0.15) is 0 Å². The van der Waals surface area contributed by atoms with Crippen LogP contribution in [0, 0.1) is 6.92 Å². The Labute approximate surface area is 138 Å². The van der Waals surface area contributed by atoms with Crippen molar-refractivity contribution in [2.75, 3.05) is 7.05 Å². The maximum atomic E-state index is 12.6. The molecule has 2 aromatic rings. The molecule has 0 saturated heterocycles. The molecule has 0 heterocycles. The van der Waals surface area contributed by atoms with E-state index in [9.17, 15) is 8.42 Å². The average Bonchev–Trinajstić information content (AvgIpc) is 2.40. The zero-order valence-corrected chi connectivity index (χ0v) is 14.8. The summed E-state index contributed by atoms with van der Waals surface area (Å²) in [6.07, 6.45) is 0. The summed E-state index contributed by atoms with van der Waals surface area (Å²) in [6.45, 7) is 2.14. The lowest BCUT2D eigenvalue weighted by atomic mass is 10.2. The lowest BCUT2D eigenvalue weighted by molar-refractivity contribution is 0.466. The summed E-state index contributed by atoms with van der Waals surface area (Å²) in [5.41, 5.74) is 1.77. The Kier molecular flexibility index (Phi) is 5.09. The molecule has 0 aliphatic carbocycles. The fraction of sp³-hybridized carbons (Fsp3) is 0.200. The van der Waals surface area contributed by atoms with Gasteiger partial charge in [-0.15, -0.1) is 0 Å². The molecule has 0 bridgehead atoms. The first-order valence-corrected chi connectivity index (χ1v) is 8.89. The van der Waals surface area contributed by atoms with E-state index in [1.54, 1.807) is 31.3 Å². The molecule has 112 valence electrons. The van der Waals surface area contributed by atoms with Crippen molar-refractivity contribution in [1.82, 2.24) is 4.31 Å². The lowest BCUT2D eigenvalue weighted by Crippen LogP contribution is -2.27. The Bertz CT molecular complexity index is 762. The predicted molar refractivity (Wildman–Crippen MR) is 89.0 cm³/mol. The molecule has 0 aromatic heterocycles. The molecule has 0 aliphatic rings. The van der Waals surface area contributed by atoms with Crippen LogP contribution in [0.25, 0.3) is 0 Å². The maximum absolute atomic E-state index is 12.6. The molecule has 2 rings (SSSR count). The van der Waals surface area contributed by atoms with Crippen LogP contribution >= 0.6 is 27.5 Å². The van der Waals surface area contributed by atoms with Gasteiger partial charge in [-0.05, 0) is 52.2 Å². The molecule has 21 heavy (non-hydrogen) atoms. The molecular formula is C15H15BrClNO2S. The van der Waals surface area contributed by atoms with Crippen molar-refractivity contribution < 1.29 is 8.42 Å². The van der Waals surface area contributed by atoms with Gasteiger partial charge in [-0.25, -0.2) is 8.42 Å². The van der Waals surface area contributed by atoms with E-state index in [2.05, 4.69) is 15.9 Å². The Balaban J connectivity index is 2.33. The van der Waals surface area contributed by atoms with E-state index in [0.717, 1.165) is 11.1 Å². The summed E-state index contributed by atoms with van der Waals surface area (Å²) >= 11 is 9.40. The van der Waals surface area contributed by atoms with E-state index in [1.807, 2.05) is 25.1 Å². The van der Waals surface area contributed by atoms with Gasteiger partial charge in [-0.2, -0.15) is 4.31 Å². The van der Waals surface area contributed by atoms with Gasteiger partial charge in [0.05, 0.1) is 4.90 Å². The van der Waals surface area contributed by atoms with Gasteiger partial charge in [0, 0.05) is 23.1 Å². The molecule has 0 atom stereocenters. The SMILES string of the molecule is Cc1ccc(S(=O)(=O)N(C)Cc2ccccc2Cl)c(Br)c1. The summed E-state index contributed by atoms with van der Waals surface area (Å²) < 4.78 is 27.1. The maximum Gasteiger partial charge on any atom is 0.244 e. The van der Waals surface area contributed by atoms with Gasteiger partial charge < -0.3 is 0 Å². The molecule has 0 amide bonds. The summed E-state index contributed by atoms with van der Waals surface area (Å²) in [4.78, 5) is 0.252. The standard InChI is InChI=1S/C15H15BrClNO2S/c1-11-7-8-15(13(16)9-11)21(19,20)18(2)10-12-5-3-4-6-14(12)17/h3-9H,10H2,1-2H3. The molecule has 6 heteroatoms. The minimum Gasteiger partial charge on any atom is -0.207 e. The van der Waals surface area contributed by atoms with Gasteiger partial charge in [0.2, 0.25) is 10.0 Å². The number of halogens is 2. The van der Waals surface area contributed by atoms with Crippen LogP contribution in [-0.4, -0.2) is 19.8 Å².